The zero-order valence-electron chi connectivity index (χ0n) is 12.5. The van der Waals surface area contributed by atoms with E-state index in [-0.39, 0.29) is 18.8 Å². The van der Waals surface area contributed by atoms with E-state index < -0.39 is 17.2 Å². The van der Waals surface area contributed by atoms with Crippen LogP contribution in [-0.2, 0) is 11.3 Å². The maximum Gasteiger partial charge on any atom is 0.329 e. The van der Waals surface area contributed by atoms with E-state index in [0.29, 0.717) is 27.8 Å². The van der Waals surface area contributed by atoms with E-state index in [4.69, 9.17) is 5.73 Å². The molecule has 0 radical (unpaired) electrons. The fourth-order valence-corrected chi connectivity index (χ4v) is 3.46. The summed E-state index contributed by atoms with van der Waals surface area (Å²) in [6.45, 7) is 0.103. The Morgan fingerprint density at radius 2 is 1.96 bits per heavy atom. The molecule has 0 bridgehead atoms. The van der Waals surface area contributed by atoms with Crippen molar-refractivity contribution in [3.05, 3.63) is 56.3 Å². The molecule has 0 spiro atoms. The minimum Gasteiger partial charge on any atom is -0.370 e. The number of aromatic nitrogens is 2. The van der Waals surface area contributed by atoms with Gasteiger partial charge in [0.1, 0.15) is 10.6 Å². The molecule has 1 aromatic carbocycles. The molecule has 2 heterocycles. The summed E-state index contributed by atoms with van der Waals surface area (Å²) in [4.78, 5) is 38.7. The van der Waals surface area contributed by atoms with Crippen LogP contribution in [0.1, 0.15) is 12.8 Å². The first-order valence-corrected chi connectivity index (χ1v) is 8.14. The molecular formula is C16H14FN3O3S. The van der Waals surface area contributed by atoms with Crippen molar-refractivity contribution in [2.24, 2.45) is 5.73 Å². The third-order valence-electron chi connectivity index (χ3n) is 3.68. The van der Waals surface area contributed by atoms with Gasteiger partial charge in [-0.3, -0.25) is 19.1 Å². The number of hydrogen-bond acceptors (Lipinski definition) is 4. The van der Waals surface area contributed by atoms with Crippen LogP contribution in [0.2, 0.25) is 0 Å². The Morgan fingerprint density at radius 1 is 1.25 bits per heavy atom. The monoisotopic (exact) mass is 347 g/mol. The summed E-state index contributed by atoms with van der Waals surface area (Å²) in [6.07, 6.45) is 0.401. The zero-order chi connectivity index (χ0) is 17.3. The summed E-state index contributed by atoms with van der Waals surface area (Å²) in [7, 11) is 0. The van der Waals surface area contributed by atoms with Gasteiger partial charge in [-0.2, -0.15) is 0 Å². The first-order valence-electron chi connectivity index (χ1n) is 7.26. The second kappa shape index (κ2) is 6.40. The fourth-order valence-electron chi connectivity index (χ4n) is 2.51. The number of carbonyl (C=O) groups excluding carboxylic acids is 1. The van der Waals surface area contributed by atoms with Crippen molar-refractivity contribution in [1.82, 2.24) is 9.55 Å². The number of halogens is 1. The standard InChI is InChI=1S/C16H14FN3O3S/c17-10-5-3-9(4-6-10)11-8-24-14-13(11)15(22)20(16(23)19-14)7-1-2-12(18)21/h3-6,8H,1-2,7H2,(H2,18,21)(H,19,23). The predicted octanol–water partition coefficient (Wildman–Crippen LogP) is 1.82. The molecule has 6 nitrogen and oxygen atoms in total. The minimum atomic E-state index is -0.524. The maximum atomic E-state index is 13.1. The number of nitrogens with two attached hydrogens (primary N) is 1. The molecule has 0 aliphatic rings. The number of aromatic amines is 1. The van der Waals surface area contributed by atoms with E-state index in [9.17, 15) is 18.8 Å². The molecule has 0 unspecified atom stereocenters. The highest BCUT2D eigenvalue weighted by Gasteiger charge is 2.15. The van der Waals surface area contributed by atoms with Gasteiger partial charge in [0, 0.05) is 23.9 Å². The van der Waals surface area contributed by atoms with Crippen molar-refractivity contribution in [1.29, 1.82) is 0 Å². The van der Waals surface area contributed by atoms with Crippen LogP contribution in [0.4, 0.5) is 4.39 Å². The average molecular weight is 347 g/mol. The Kier molecular flexibility index (Phi) is 4.30. The second-order valence-electron chi connectivity index (χ2n) is 5.32. The topological polar surface area (TPSA) is 97.9 Å². The number of benzene rings is 1. The van der Waals surface area contributed by atoms with Gasteiger partial charge in [-0.1, -0.05) is 12.1 Å². The van der Waals surface area contributed by atoms with Gasteiger partial charge in [0.2, 0.25) is 5.91 Å². The molecular weight excluding hydrogens is 333 g/mol. The minimum absolute atomic E-state index is 0.0956. The second-order valence-corrected chi connectivity index (χ2v) is 6.20. The van der Waals surface area contributed by atoms with E-state index in [1.807, 2.05) is 0 Å². The van der Waals surface area contributed by atoms with Crippen molar-refractivity contribution in [2.45, 2.75) is 19.4 Å². The van der Waals surface area contributed by atoms with Crippen LogP contribution in [0.25, 0.3) is 21.3 Å². The number of H-pyrrole nitrogens is 1. The average Bonchev–Trinajstić information content (AvgIpc) is 2.95. The van der Waals surface area contributed by atoms with Crippen LogP contribution in [0.5, 0.6) is 0 Å². The third kappa shape index (κ3) is 3.00. The number of nitrogens with one attached hydrogen (secondary N) is 1. The number of amides is 1. The van der Waals surface area contributed by atoms with Crippen molar-refractivity contribution in [2.75, 3.05) is 0 Å². The molecule has 24 heavy (non-hydrogen) atoms. The van der Waals surface area contributed by atoms with Crippen LogP contribution in [0, 0.1) is 5.82 Å². The molecule has 8 heteroatoms. The molecule has 0 saturated heterocycles. The first-order chi connectivity index (χ1) is 11.5. The number of fused-ring (bicyclic) bond motifs is 1. The molecule has 0 aliphatic carbocycles. The molecule has 3 rings (SSSR count). The van der Waals surface area contributed by atoms with Gasteiger partial charge < -0.3 is 5.73 Å². The van der Waals surface area contributed by atoms with Crippen LogP contribution in [-0.4, -0.2) is 15.5 Å². The van der Waals surface area contributed by atoms with E-state index in [1.54, 1.807) is 17.5 Å². The van der Waals surface area contributed by atoms with Crippen LogP contribution >= 0.6 is 11.3 Å². The highest BCUT2D eigenvalue weighted by atomic mass is 32.1. The van der Waals surface area contributed by atoms with Gasteiger partial charge in [0.15, 0.2) is 0 Å². The van der Waals surface area contributed by atoms with Crippen LogP contribution < -0.4 is 17.0 Å². The van der Waals surface area contributed by atoms with E-state index in [2.05, 4.69) is 4.98 Å². The molecule has 1 amide bonds. The molecule has 124 valence electrons. The lowest BCUT2D eigenvalue weighted by Gasteiger charge is -2.05. The Morgan fingerprint density at radius 3 is 2.62 bits per heavy atom. The zero-order valence-corrected chi connectivity index (χ0v) is 13.4. The summed E-state index contributed by atoms with van der Waals surface area (Å²) in [5.74, 6) is -0.848. The third-order valence-corrected chi connectivity index (χ3v) is 4.57. The maximum absolute atomic E-state index is 13.1. The fraction of sp³-hybridized carbons (Fsp3) is 0.188. The highest BCUT2D eigenvalue weighted by molar-refractivity contribution is 7.17. The Labute approximate surface area is 139 Å². The summed E-state index contributed by atoms with van der Waals surface area (Å²) in [6, 6.07) is 5.80. The summed E-state index contributed by atoms with van der Waals surface area (Å²) >= 11 is 1.24. The lowest BCUT2D eigenvalue weighted by Crippen LogP contribution is -2.35. The van der Waals surface area contributed by atoms with E-state index >= 15 is 0 Å². The van der Waals surface area contributed by atoms with Gasteiger partial charge in [0.25, 0.3) is 5.56 Å². The summed E-state index contributed by atoms with van der Waals surface area (Å²) < 4.78 is 14.2. The lowest BCUT2D eigenvalue weighted by atomic mass is 10.1. The molecule has 0 fully saturated rings. The van der Waals surface area contributed by atoms with Gasteiger partial charge in [0.05, 0.1) is 5.39 Å². The molecule has 3 aromatic rings. The van der Waals surface area contributed by atoms with Crippen LogP contribution in [0.15, 0.2) is 39.2 Å². The van der Waals surface area contributed by atoms with Crippen molar-refractivity contribution < 1.29 is 9.18 Å². The van der Waals surface area contributed by atoms with Gasteiger partial charge in [-0.25, -0.2) is 9.18 Å². The van der Waals surface area contributed by atoms with Gasteiger partial charge in [-0.05, 0) is 24.1 Å². The molecule has 0 saturated carbocycles. The number of thiophene rings is 1. The van der Waals surface area contributed by atoms with Crippen molar-refractivity contribution in [3.8, 4) is 11.1 Å². The van der Waals surface area contributed by atoms with Crippen molar-refractivity contribution in [3.63, 3.8) is 0 Å². The normalized spacial score (nSPS) is 11.0. The number of nitrogens with zero attached hydrogens (tertiary/aromatic N) is 1. The lowest BCUT2D eigenvalue weighted by molar-refractivity contribution is -0.118. The number of hydrogen-bond donors (Lipinski definition) is 2. The first kappa shape index (κ1) is 16.1. The van der Waals surface area contributed by atoms with E-state index in [0.717, 1.165) is 4.57 Å². The quantitative estimate of drug-likeness (QED) is 0.736. The smallest absolute Gasteiger partial charge is 0.329 e. The van der Waals surface area contributed by atoms with E-state index in [1.165, 1.54) is 23.5 Å². The Balaban J connectivity index is 2.10. The molecule has 0 atom stereocenters. The molecule has 3 N–H and O–H groups in total. The van der Waals surface area contributed by atoms with Crippen molar-refractivity contribution >= 4 is 27.5 Å². The van der Waals surface area contributed by atoms with Gasteiger partial charge >= 0.3 is 5.69 Å². The number of rotatable bonds is 5. The van der Waals surface area contributed by atoms with Crippen LogP contribution in [0.3, 0.4) is 0 Å². The van der Waals surface area contributed by atoms with Gasteiger partial charge in [-0.15, -0.1) is 11.3 Å². The largest absolute Gasteiger partial charge is 0.370 e. The summed E-state index contributed by atoms with van der Waals surface area (Å²) in [5.41, 5.74) is 5.45. The molecule has 0 aliphatic heterocycles. The molecule has 2 aromatic heterocycles. The predicted molar refractivity (Wildman–Crippen MR) is 90.5 cm³/mol. The Hall–Kier alpha value is -2.74. The highest BCUT2D eigenvalue weighted by Crippen LogP contribution is 2.30. The SMILES string of the molecule is NC(=O)CCCn1c(=O)[nH]c2scc(-c3ccc(F)cc3)c2c1=O. The Bertz CT molecular complexity index is 1020. The number of carbonyl (C=O) groups is 1. The number of primary amides is 1. The summed E-state index contributed by atoms with van der Waals surface area (Å²) in [5, 5.41) is 2.13.